The maximum Gasteiger partial charge on any atom is 0.334 e. The van der Waals surface area contributed by atoms with E-state index in [4.69, 9.17) is 17.7 Å². The molecule has 0 amide bonds. The van der Waals surface area contributed by atoms with Crippen LogP contribution in [0.4, 0.5) is 0 Å². The zero-order chi connectivity index (χ0) is 18.3. The molecule has 0 saturated heterocycles. The Balaban J connectivity index is 3.76. The molecule has 0 bridgehead atoms. The third-order valence-electron chi connectivity index (χ3n) is 3.60. The fraction of sp³-hybridized carbons (Fsp3) is 1.00. The van der Waals surface area contributed by atoms with Gasteiger partial charge in [-0.15, -0.1) is 0 Å². The van der Waals surface area contributed by atoms with Gasteiger partial charge in [-0.25, -0.2) is 0 Å². The van der Waals surface area contributed by atoms with Gasteiger partial charge < -0.3 is 17.7 Å². The van der Waals surface area contributed by atoms with Crippen LogP contribution in [0.1, 0.15) is 40.5 Å². The van der Waals surface area contributed by atoms with E-state index in [1.807, 2.05) is 21.6 Å². The Bertz CT molecular complexity index is 259. The Hall–Kier alpha value is 0.974. The summed E-state index contributed by atoms with van der Waals surface area (Å²) in [6.45, 7) is 15.6. The average molecular weight is 415 g/mol. The van der Waals surface area contributed by atoms with E-state index in [-0.39, 0.29) is 0 Å². The second-order valence-electron chi connectivity index (χ2n) is 5.85. The van der Waals surface area contributed by atoms with Gasteiger partial charge in [0.25, 0.3) is 0 Å². The molecule has 0 rings (SSSR count). The molecular formula is C16H38O4S2Si2. The highest BCUT2D eigenvalue weighted by molar-refractivity contribution is 8.76. The van der Waals surface area contributed by atoms with Crippen LogP contribution in [-0.2, 0) is 17.7 Å². The predicted molar refractivity (Wildman–Crippen MR) is 114 cm³/mol. The van der Waals surface area contributed by atoms with Crippen LogP contribution in [0.3, 0.4) is 0 Å². The third-order valence-corrected chi connectivity index (χ3v) is 12.3. The first-order valence-electron chi connectivity index (χ1n) is 9.25. The molecule has 0 atom stereocenters. The van der Waals surface area contributed by atoms with Gasteiger partial charge in [-0.05, 0) is 65.7 Å². The molecule has 0 heterocycles. The van der Waals surface area contributed by atoms with Gasteiger partial charge in [0, 0.05) is 37.9 Å². The van der Waals surface area contributed by atoms with Gasteiger partial charge in [0.15, 0.2) is 0 Å². The lowest BCUT2D eigenvalue weighted by Gasteiger charge is -2.26. The summed E-state index contributed by atoms with van der Waals surface area (Å²) >= 11 is 0. The van der Waals surface area contributed by atoms with Crippen LogP contribution >= 0.6 is 21.6 Å². The summed E-state index contributed by atoms with van der Waals surface area (Å²) in [4.78, 5) is 0. The minimum Gasteiger partial charge on any atom is -0.395 e. The van der Waals surface area contributed by atoms with Crippen LogP contribution in [0.15, 0.2) is 0 Å². The van der Waals surface area contributed by atoms with Crippen molar-refractivity contribution in [3.63, 3.8) is 0 Å². The summed E-state index contributed by atoms with van der Waals surface area (Å²) in [5.74, 6) is 2.33. The molecule has 0 aliphatic rings. The molecule has 8 heteroatoms. The lowest BCUT2D eigenvalue weighted by Crippen LogP contribution is -2.38. The molecule has 24 heavy (non-hydrogen) atoms. The van der Waals surface area contributed by atoms with Crippen LogP contribution < -0.4 is 0 Å². The van der Waals surface area contributed by atoms with Crippen LogP contribution in [0.25, 0.3) is 0 Å². The van der Waals surface area contributed by atoms with E-state index in [1.165, 1.54) is 24.3 Å². The SMILES string of the molecule is CCO[Si](C)(CCCSSCCC[Si](C)(OCC)OCC)OCC. The van der Waals surface area contributed by atoms with Crippen molar-refractivity contribution in [2.75, 3.05) is 37.9 Å². The van der Waals surface area contributed by atoms with Crippen molar-refractivity contribution in [3.05, 3.63) is 0 Å². The molecule has 0 aromatic rings. The average Bonchev–Trinajstić information content (AvgIpc) is 2.51. The molecule has 0 N–H and O–H groups in total. The molecule has 0 saturated carbocycles. The standard InChI is InChI=1S/C16H38O4S2Si2/c1-7-17-23(5,18-8-2)15-11-13-21-22-14-12-16-24(6,19-9-3)20-10-4/h7-16H2,1-6H3. The quantitative estimate of drug-likeness (QED) is 0.179. The van der Waals surface area contributed by atoms with E-state index in [0.717, 1.165) is 38.5 Å². The van der Waals surface area contributed by atoms with Crippen molar-refractivity contribution >= 4 is 38.7 Å². The Kier molecular flexibility index (Phi) is 15.7. The van der Waals surface area contributed by atoms with Gasteiger partial charge in [-0.1, -0.05) is 21.6 Å². The molecule has 0 unspecified atom stereocenters. The molecule has 0 aromatic heterocycles. The number of hydrogen-bond acceptors (Lipinski definition) is 6. The number of hydrogen-bond donors (Lipinski definition) is 0. The van der Waals surface area contributed by atoms with Gasteiger partial charge in [-0.2, -0.15) is 0 Å². The van der Waals surface area contributed by atoms with Crippen LogP contribution in [0.2, 0.25) is 25.2 Å². The van der Waals surface area contributed by atoms with Gasteiger partial charge in [0.05, 0.1) is 0 Å². The van der Waals surface area contributed by atoms with Crippen molar-refractivity contribution in [1.82, 2.24) is 0 Å². The maximum atomic E-state index is 5.88. The van der Waals surface area contributed by atoms with Crippen LogP contribution in [0, 0.1) is 0 Å². The smallest absolute Gasteiger partial charge is 0.334 e. The lowest BCUT2D eigenvalue weighted by atomic mass is 10.6. The van der Waals surface area contributed by atoms with Crippen LogP contribution in [-0.4, -0.2) is 55.1 Å². The zero-order valence-corrected chi connectivity index (χ0v) is 20.2. The molecule has 0 spiro atoms. The highest BCUT2D eigenvalue weighted by atomic mass is 33.1. The molecule has 0 aliphatic carbocycles. The van der Waals surface area contributed by atoms with E-state index in [0.29, 0.717) is 0 Å². The summed E-state index contributed by atoms with van der Waals surface area (Å²) in [6, 6.07) is 2.17. The normalized spacial score (nSPS) is 12.8. The molecular weight excluding hydrogens is 376 g/mol. The minimum absolute atomic E-state index is 0.757. The Morgan fingerprint density at radius 2 is 0.875 bits per heavy atom. The largest absolute Gasteiger partial charge is 0.395 e. The molecule has 0 fully saturated rings. The van der Waals surface area contributed by atoms with E-state index in [9.17, 15) is 0 Å². The fourth-order valence-corrected chi connectivity index (χ4v) is 10.1. The maximum absolute atomic E-state index is 5.88. The molecule has 0 aliphatic heterocycles. The first-order valence-corrected chi connectivity index (χ1v) is 16.8. The van der Waals surface area contributed by atoms with Gasteiger partial charge in [0.1, 0.15) is 0 Å². The first kappa shape index (κ1) is 25.0. The van der Waals surface area contributed by atoms with Gasteiger partial charge in [0.2, 0.25) is 0 Å². The molecule has 146 valence electrons. The summed E-state index contributed by atoms with van der Waals surface area (Å²) in [7, 11) is 0.102. The van der Waals surface area contributed by atoms with Crippen molar-refractivity contribution in [2.24, 2.45) is 0 Å². The Morgan fingerprint density at radius 1 is 0.583 bits per heavy atom. The van der Waals surface area contributed by atoms with Crippen molar-refractivity contribution in [3.8, 4) is 0 Å². The summed E-state index contributed by atoms with van der Waals surface area (Å²) < 4.78 is 23.5. The van der Waals surface area contributed by atoms with Gasteiger partial charge >= 0.3 is 17.1 Å². The second-order valence-corrected chi connectivity index (χ2v) is 15.2. The van der Waals surface area contributed by atoms with E-state index in [1.54, 1.807) is 0 Å². The first-order chi connectivity index (χ1) is 11.4. The molecule has 4 nitrogen and oxygen atoms in total. The Labute approximate surface area is 160 Å². The topological polar surface area (TPSA) is 36.9 Å². The summed E-state index contributed by atoms with van der Waals surface area (Å²) in [5, 5.41) is 0. The predicted octanol–water partition coefficient (Wildman–Crippen LogP) is 5.44. The van der Waals surface area contributed by atoms with Crippen LogP contribution in [0.5, 0.6) is 0 Å². The van der Waals surface area contributed by atoms with E-state index >= 15 is 0 Å². The lowest BCUT2D eigenvalue weighted by molar-refractivity contribution is 0.188. The molecule has 0 radical (unpaired) electrons. The van der Waals surface area contributed by atoms with Gasteiger partial charge in [-0.3, -0.25) is 0 Å². The van der Waals surface area contributed by atoms with E-state index in [2.05, 4.69) is 40.8 Å². The summed E-state index contributed by atoms with van der Waals surface area (Å²) in [6.07, 6.45) is 2.34. The third kappa shape index (κ3) is 12.3. The molecule has 0 aromatic carbocycles. The number of rotatable bonds is 17. The minimum atomic E-state index is -1.92. The summed E-state index contributed by atoms with van der Waals surface area (Å²) in [5.41, 5.74) is 0. The highest BCUT2D eigenvalue weighted by Crippen LogP contribution is 2.27. The van der Waals surface area contributed by atoms with Crippen molar-refractivity contribution in [1.29, 1.82) is 0 Å². The van der Waals surface area contributed by atoms with E-state index < -0.39 is 17.1 Å². The fourth-order valence-electron chi connectivity index (χ4n) is 2.62. The highest BCUT2D eigenvalue weighted by Gasteiger charge is 2.30. The monoisotopic (exact) mass is 414 g/mol. The Morgan fingerprint density at radius 3 is 1.12 bits per heavy atom. The second kappa shape index (κ2) is 15.1. The van der Waals surface area contributed by atoms with Crippen molar-refractivity contribution in [2.45, 2.75) is 65.7 Å². The van der Waals surface area contributed by atoms with Crippen molar-refractivity contribution < 1.29 is 17.7 Å². The zero-order valence-electron chi connectivity index (χ0n) is 16.5.